The van der Waals surface area contributed by atoms with E-state index in [0.29, 0.717) is 18.2 Å². The van der Waals surface area contributed by atoms with E-state index >= 15 is 0 Å². The molecule has 1 unspecified atom stereocenters. The largest absolute Gasteiger partial charge is 0.481 e. The van der Waals surface area contributed by atoms with E-state index in [0.717, 1.165) is 23.0 Å². The average molecular weight is 351 g/mol. The molecule has 0 fully saturated rings. The molecule has 1 heterocycles. The van der Waals surface area contributed by atoms with E-state index in [-0.39, 0.29) is 5.91 Å². The van der Waals surface area contributed by atoms with Crippen LogP contribution in [0.4, 0.5) is 0 Å². The lowest BCUT2D eigenvalue weighted by molar-refractivity contribution is -0.127. The maximum Gasteiger partial charge on any atom is 0.260 e. The Balaban J connectivity index is 1.49. The van der Waals surface area contributed by atoms with Gasteiger partial charge in [-0.2, -0.15) is 0 Å². The molecule has 1 amide bonds. The number of carbonyl (C=O) groups excluding carboxylic acids is 1. The number of hydrogen-bond donors (Lipinski definition) is 1. The van der Waals surface area contributed by atoms with Crippen molar-refractivity contribution in [3.8, 4) is 5.75 Å². The minimum absolute atomic E-state index is 0.120. The van der Waals surface area contributed by atoms with Crippen LogP contribution in [0.25, 0.3) is 11.0 Å². The molecule has 136 valence electrons. The lowest BCUT2D eigenvalue weighted by Gasteiger charge is -2.15. The highest BCUT2D eigenvalue weighted by molar-refractivity contribution is 5.82. The monoisotopic (exact) mass is 351 g/mol. The van der Waals surface area contributed by atoms with Gasteiger partial charge < -0.3 is 14.5 Å². The molecule has 2 aromatic carbocycles. The third-order valence-corrected chi connectivity index (χ3v) is 4.48. The van der Waals surface area contributed by atoms with Crippen LogP contribution in [0.2, 0.25) is 0 Å². The molecule has 1 aromatic heterocycles. The van der Waals surface area contributed by atoms with E-state index in [1.54, 1.807) is 13.2 Å². The van der Waals surface area contributed by atoms with Crippen LogP contribution in [0.1, 0.15) is 37.8 Å². The Bertz CT molecular complexity index is 864. The van der Waals surface area contributed by atoms with E-state index in [1.807, 2.05) is 48.5 Å². The molecule has 3 aromatic rings. The summed E-state index contributed by atoms with van der Waals surface area (Å²) >= 11 is 0. The highest BCUT2D eigenvalue weighted by Crippen LogP contribution is 2.21. The summed E-state index contributed by atoms with van der Waals surface area (Å²) in [6.45, 7) is 6.60. The van der Waals surface area contributed by atoms with Gasteiger partial charge in [-0.25, -0.2) is 0 Å². The Labute approximate surface area is 154 Å². The standard InChI is InChI=1S/C22H25NO3/c1-15(2)17-8-10-19(11-9-17)26-16(3)22(24)23-13-12-18-14-25-21-7-5-4-6-20(18)21/h4-11,14-16H,12-13H2,1-3H3,(H,23,24). The fraction of sp³-hybridized carbons (Fsp3) is 0.318. The topological polar surface area (TPSA) is 51.5 Å². The normalized spacial score (nSPS) is 12.3. The molecular formula is C22H25NO3. The Morgan fingerprint density at radius 2 is 1.81 bits per heavy atom. The van der Waals surface area contributed by atoms with Gasteiger partial charge in [0.05, 0.1) is 6.26 Å². The average Bonchev–Trinajstić information content (AvgIpc) is 3.05. The van der Waals surface area contributed by atoms with Gasteiger partial charge in [-0.1, -0.05) is 44.2 Å². The van der Waals surface area contributed by atoms with Crippen LogP contribution in [0, 0.1) is 0 Å². The highest BCUT2D eigenvalue weighted by Gasteiger charge is 2.14. The number of amides is 1. The number of furan rings is 1. The van der Waals surface area contributed by atoms with Crippen LogP contribution >= 0.6 is 0 Å². The quantitative estimate of drug-likeness (QED) is 0.672. The molecule has 26 heavy (non-hydrogen) atoms. The second-order valence-electron chi connectivity index (χ2n) is 6.78. The van der Waals surface area contributed by atoms with Crippen LogP contribution < -0.4 is 10.1 Å². The molecule has 1 atom stereocenters. The molecule has 0 spiro atoms. The molecule has 0 saturated carbocycles. The van der Waals surface area contributed by atoms with Crippen molar-refractivity contribution in [2.75, 3.05) is 6.54 Å². The number of fused-ring (bicyclic) bond motifs is 1. The minimum atomic E-state index is -0.541. The van der Waals surface area contributed by atoms with Gasteiger partial charge in [-0.15, -0.1) is 0 Å². The second kappa shape index (κ2) is 8.09. The third-order valence-electron chi connectivity index (χ3n) is 4.48. The molecule has 0 aliphatic heterocycles. The molecule has 0 aliphatic rings. The van der Waals surface area contributed by atoms with Gasteiger partial charge in [0.2, 0.25) is 0 Å². The number of carbonyl (C=O) groups is 1. The maximum absolute atomic E-state index is 12.3. The summed E-state index contributed by atoms with van der Waals surface area (Å²) in [7, 11) is 0. The van der Waals surface area contributed by atoms with Crippen LogP contribution in [-0.2, 0) is 11.2 Å². The third kappa shape index (κ3) is 4.26. The van der Waals surface area contributed by atoms with E-state index in [2.05, 4.69) is 19.2 Å². The molecule has 0 aliphatic carbocycles. The van der Waals surface area contributed by atoms with Crippen molar-refractivity contribution in [1.29, 1.82) is 0 Å². The lowest BCUT2D eigenvalue weighted by atomic mass is 10.0. The van der Waals surface area contributed by atoms with Crippen LogP contribution in [-0.4, -0.2) is 18.6 Å². The van der Waals surface area contributed by atoms with Gasteiger partial charge in [0, 0.05) is 11.9 Å². The Kier molecular flexibility index (Phi) is 5.61. The van der Waals surface area contributed by atoms with Crippen molar-refractivity contribution in [3.05, 3.63) is 65.9 Å². The number of ether oxygens (including phenoxy) is 1. The fourth-order valence-electron chi connectivity index (χ4n) is 2.88. The predicted octanol–water partition coefficient (Wildman–Crippen LogP) is 4.68. The zero-order chi connectivity index (χ0) is 18.5. The first-order chi connectivity index (χ1) is 12.5. The zero-order valence-corrected chi connectivity index (χ0v) is 15.5. The van der Waals surface area contributed by atoms with Crippen LogP contribution in [0.15, 0.2) is 59.2 Å². The maximum atomic E-state index is 12.3. The number of nitrogens with one attached hydrogen (secondary N) is 1. The van der Waals surface area contributed by atoms with Crippen LogP contribution in [0.3, 0.4) is 0 Å². The summed E-state index contributed by atoms with van der Waals surface area (Å²) in [4.78, 5) is 12.3. The second-order valence-corrected chi connectivity index (χ2v) is 6.78. The van der Waals surface area contributed by atoms with Crippen molar-refractivity contribution in [1.82, 2.24) is 5.32 Å². The summed E-state index contributed by atoms with van der Waals surface area (Å²) < 4.78 is 11.3. The molecule has 3 rings (SSSR count). The van der Waals surface area contributed by atoms with Gasteiger partial charge in [0.25, 0.3) is 5.91 Å². The van der Waals surface area contributed by atoms with E-state index < -0.39 is 6.10 Å². The van der Waals surface area contributed by atoms with Crippen molar-refractivity contribution < 1.29 is 13.9 Å². The van der Waals surface area contributed by atoms with E-state index in [4.69, 9.17) is 9.15 Å². The van der Waals surface area contributed by atoms with Gasteiger partial charge in [0.1, 0.15) is 11.3 Å². The Morgan fingerprint density at radius 1 is 1.08 bits per heavy atom. The number of benzene rings is 2. The Morgan fingerprint density at radius 3 is 2.54 bits per heavy atom. The lowest BCUT2D eigenvalue weighted by Crippen LogP contribution is -2.37. The molecule has 4 nitrogen and oxygen atoms in total. The molecular weight excluding hydrogens is 326 g/mol. The smallest absolute Gasteiger partial charge is 0.260 e. The van der Waals surface area contributed by atoms with Crippen molar-refractivity contribution in [2.24, 2.45) is 0 Å². The summed E-state index contributed by atoms with van der Waals surface area (Å²) in [6.07, 6.45) is 1.94. The van der Waals surface area contributed by atoms with Crippen LogP contribution in [0.5, 0.6) is 5.75 Å². The fourth-order valence-corrected chi connectivity index (χ4v) is 2.88. The first-order valence-electron chi connectivity index (χ1n) is 9.04. The minimum Gasteiger partial charge on any atom is -0.481 e. The van der Waals surface area contributed by atoms with Gasteiger partial charge >= 0.3 is 0 Å². The Hall–Kier alpha value is -2.75. The SMILES string of the molecule is CC(Oc1ccc(C(C)C)cc1)C(=O)NCCc1coc2ccccc12. The van der Waals surface area contributed by atoms with E-state index in [1.165, 1.54) is 5.56 Å². The number of para-hydroxylation sites is 1. The molecule has 0 radical (unpaired) electrons. The number of hydrogen-bond acceptors (Lipinski definition) is 3. The van der Waals surface area contributed by atoms with Crippen molar-refractivity contribution >= 4 is 16.9 Å². The van der Waals surface area contributed by atoms with E-state index in [9.17, 15) is 4.79 Å². The summed E-state index contributed by atoms with van der Waals surface area (Å²) in [5.41, 5.74) is 3.22. The zero-order valence-electron chi connectivity index (χ0n) is 15.5. The predicted molar refractivity (Wildman–Crippen MR) is 104 cm³/mol. The summed E-state index contributed by atoms with van der Waals surface area (Å²) in [6, 6.07) is 15.8. The first-order valence-corrected chi connectivity index (χ1v) is 9.04. The summed E-state index contributed by atoms with van der Waals surface area (Å²) in [5.74, 6) is 1.06. The van der Waals surface area contributed by atoms with Gasteiger partial charge in [-0.05, 0) is 48.6 Å². The first kappa shape index (κ1) is 18.1. The van der Waals surface area contributed by atoms with Gasteiger partial charge in [0.15, 0.2) is 6.10 Å². The highest BCUT2D eigenvalue weighted by atomic mass is 16.5. The van der Waals surface area contributed by atoms with Crippen molar-refractivity contribution in [3.63, 3.8) is 0 Å². The molecule has 4 heteroatoms. The van der Waals surface area contributed by atoms with Gasteiger partial charge in [-0.3, -0.25) is 4.79 Å². The summed E-state index contributed by atoms with van der Waals surface area (Å²) in [5, 5.41) is 4.02. The van der Waals surface area contributed by atoms with Crippen molar-refractivity contribution in [2.45, 2.75) is 39.2 Å². The molecule has 0 saturated heterocycles. The molecule has 0 bridgehead atoms. The number of rotatable bonds is 7. The molecule has 1 N–H and O–H groups in total.